The quantitative estimate of drug-likeness (QED) is 0.856. The van der Waals surface area contributed by atoms with E-state index in [1.54, 1.807) is 24.3 Å². The van der Waals surface area contributed by atoms with Crippen molar-refractivity contribution in [2.45, 2.75) is 25.5 Å². The number of nitrogens with zero attached hydrogens (tertiary/aromatic N) is 2. The van der Waals surface area contributed by atoms with E-state index < -0.39 is 25.0 Å². The molecule has 0 aliphatic heterocycles. The van der Waals surface area contributed by atoms with Crippen molar-refractivity contribution in [1.29, 1.82) is 0 Å². The van der Waals surface area contributed by atoms with Crippen molar-refractivity contribution in [3.63, 3.8) is 0 Å². The molecule has 1 aromatic carbocycles. The number of benzene rings is 1. The maximum atomic E-state index is 12.2. The first-order valence-corrected chi connectivity index (χ1v) is 6.86. The lowest BCUT2D eigenvalue weighted by Gasteiger charge is -2.10. The molecule has 2 N–H and O–H groups in total. The van der Waals surface area contributed by atoms with Crippen LogP contribution in [0.4, 0.5) is 14.5 Å². The van der Waals surface area contributed by atoms with Crippen molar-refractivity contribution in [1.82, 2.24) is 9.78 Å². The Morgan fingerprint density at radius 3 is 2.68 bits per heavy atom. The first-order chi connectivity index (χ1) is 10.4. The van der Waals surface area contributed by atoms with E-state index in [1.807, 2.05) is 0 Å². The second-order valence-corrected chi connectivity index (χ2v) is 5.10. The number of aliphatic hydroxyl groups excluding tert-OH is 1. The van der Waals surface area contributed by atoms with Gasteiger partial charge in [0.05, 0.1) is 24.4 Å². The maximum absolute atomic E-state index is 12.2. The molecule has 0 radical (unpaired) electrons. The Kier molecular flexibility index (Phi) is 5.46. The van der Waals surface area contributed by atoms with Crippen molar-refractivity contribution in [3.8, 4) is 0 Å². The molecule has 0 saturated heterocycles. The van der Waals surface area contributed by atoms with Crippen LogP contribution in [-0.4, -0.2) is 27.2 Å². The Morgan fingerprint density at radius 2 is 2.05 bits per heavy atom. The Balaban J connectivity index is 1.89. The molecule has 0 saturated carbocycles. The molecule has 0 bridgehead atoms. The molecule has 1 unspecified atom stereocenters. The molecule has 0 fully saturated rings. The molecular weight excluding hydrogens is 316 g/mol. The largest absolute Gasteiger partial charge is 0.388 e. The van der Waals surface area contributed by atoms with Crippen molar-refractivity contribution in [3.05, 3.63) is 47.2 Å². The number of carbonyl (C=O) groups excluding carboxylic acids is 1. The van der Waals surface area contributed by atoms with Gasteiger partial charge in [0, 0.05) is 11.2 Å². The molecular formula is C14H14ClF2N3O2. The van der Waals surface area contributed by atoms with Crippen molar-refractivity contribution < 1.29 is 18.7 Å². The average molecular weight is 330 g/mol. The predicted molar refractivity (Wildman–Crippen MR) is 77.9 cm³/mol. The molecule has 8 heteroatoms. The Labute approximate surface area is 130 Å². The van der Waals surface area contributed by atoms with Crippen LogP contribution in [0.1, 0.15) is 18.1 Å². The van der Waals surface area contributed by atoms with Gasteiger partial charge in [-0.3, -0.25) is 9.48 Å². The summed E-state index contributed by atoms with van der Waals surface area (Å²) < 4.78 is 25.4. The molecule has 0 aliphatic carbocycles. The fourth-order valence-corrected chi connectivity index (χ4v) is 1.99. The summed E-state index contributed by atoms with van der Waals surface area (Å²) in [5, 5.41) is 16.7. The highest BCUT2D eigenvalue weighted by atomic mass is 35.5. The van der Waals surface area contributed by atoms with Crippen LogP contribution in [0.2, 0.25) is 5.02 Å². The third-order valence-corrected chi connectivity index (χ3v) is 3.13. The Hall–Kier alpha value is -1.99. The van der Waals surface area contributed by atoms with Crippen LogP contribution in [0.25, 0.3) is 0 Å². The summed E-state index contributed by atoms with van der Waals surface area (Å²) in [6.07, 6.45) is -1.08. The normalized spacial score (nSPS) is 12.4. The highest BCUT2D eigenvalue weighted by molar-refractivity contribution is 6.30. The van der Waals surface area contributed by atoms with Gasteiger partial charge >= 0.3 is 0 Å². The fourth-order valence-electron chi connectivity index (χ4n) is 1.86. The number of nitrogens with one attached hydrogen (secondary N) is 1. The van der Waals surface area contributed by atoms with Crippen LogP contribution in [-0.2, 0) is 11.3 Å². The van der Waals surface area contributed by atoms with Gasteiger partial charge in [0.2, 0.25) is 5.91 Å². The number of aliphatic hydroxyl groups is 1. The number of hydrogen-bond acceptors (Lipinski definition) is 3. The lowest BCUT2D eigenvalue weighted by molar-refractivity contribution is -0.118. The van der Waals surface area contributed by atoms with E-state index in [4.69, 9.17) is 11.6 Å². The average Bonchev–Trinajstić information content (AvgIpc) is 2.85. The number of alkyl halides is 2. The van der Waals surface area contributed by atoms with Gasteiger partial charge in [-0.2, -0.15) is 5.10 Å². The number of rotatable bonds is 6. The monoisotopic (exact) mass is 329 g/mol. The van der Waals surface area contributed by atoms with Crippen LogP contribution in [0, 0.1) is 0 Å². The third-order valence-electron chi connectivity index (χ3n) is 2.88. The molecule has 2 aromatic rings. The second-order valence-electron chi connectivity index (χ2n) is 4.66. The molecule has 2 rings (SSSR count). The summed E-state index contributed by atoms with van der Waals surface area (Å²) in [6.45, 7) is -0.538. The van der Waals surface area contributed by atoms with E-state index in [2.05, 4.69) is 10.4 Å². The van der Waals surface area contributed by atoms with Crippen LogP contribution < -0.4 is 5.32 Å². The molecule has 1 atom stereocenters. The highest BCUT2D eigenvalue weighted by Crippen LogP contribution is 2.19. The predicted octanol–water partition coefficient (Wildman–Crippen LogP) is 2.86. The molecule has 5 nitrogen and oxygen atoms in total. The lowest BCUT2D eigenvalue weighted by Crippen LogP contribution is -2.15. The Bertz CT molecular complexity index is 631. The van der Waals surface area contributed by atoms with Gasteiger partial charge in [-0.05, 0) is 17.7 Å². The summed E-state index contributed by atoms with van der Waals surface area (Å²) in [5.74, 6) is -0.445. The first-order valence-electron chi connectivity index (χ1n) is 6.48. The minimum atomic E-state index is -2.52. The van der Waals surface area contributed by atoms with Gasteiger partial charge < -0.3 is 10.4 Å². The molecule has 0 aliphatic rings. The molecule has 22 heavy (non-hydrogen) atoms. The second kappa shape index (κ2) is 7.33. The fraction of sp³-hybridized carbons (Fsp3) is 0.286. The minimum absolute atomic E-state index is 0.165. The maximum Gasteiger partial charge on any atom is 0.257 e. The van der Waals surface area contributed by atoms with E-state index in [0.29, 0.717) is 16.3 Å². The Morgan fingerprint density at radius 1 is 1.36 bits per heavy atom. The lowest BCUT2D eigenvalue weighted by atomic mass is 10.1. The molecule has 1 amide bonds. The van der Waals surface area contributed by atoms with E-state index >= 15 is 0 Å². The van der Waals surface area contributed by atoms with Crippen LogP contribution in [0.15, 0.2) is 36.7 Å². The SMILES string of the molecule is O=C(CC(O)c1ccc(Cl)cc1)Nc1cnn(CC(F)F)c1. The van der Waals surface area contributed by atoms with E-state index in [0.717, 1.165) is 4.68 Å². The molecule has 1 heterocycles. The van der Waals surface area contributed by atoms with Gasteiger partial charge in [-0.25, -0.2) is 8.78 Å². The number of halogens is 3. The molecule has 118 valence electrons. The summed E-state index contributed by atoms with van der Waals surface area (Å²) >= 11 is 5.74. The van der Waals surface area contributed by atoms with Gasteiger partial charge in [-0.1, -0.05) is 23.7 Å². The molecule has 1 aromatic heterocycles. The number of carbonyl (C=O) groups is 1. The smallest absolute Gasteiger partial charge is 0.257 e. The summed E-state index contributed by atoms with van der Waals surface area (Å²) in [5.41, 5.74) is 0.863. The van der Waals surface area contributed by atoms with Gasteiger partial charge in [-0.15, -0.1) is 0 Å². The van der Waals surface area contributed by atoms with Crippen LogP contribution in [0.5, 0.6) is 0 Å². The van der Waals surface area contributed by atoms with Crippen LogP contribution >= 0.6 is 11.6 Å². The summed E-state index contributed by atoms with van der Waals surface area (Å²) in [6, 6.07) is 6.49. The third kappa shape index (κ3) is 4.78. The highest BCUT2D eigenvalue weighted by Gasteiger charge is 2.14. The van der Waals surface area contributed by atoms with Crippen molar-refractivity contribution in [2.24, 2.45) is 0 Å². The first kappa shape index (κ1) is 16.4. The van der Waals surface area contributed by atoms with E-state index in [9.17, 15) is 18.7 Å². The summed E-state index contributed by atoms with van der Waals surface area (Å²) in [4.78, 5) is 11.8. The van der Waals surface area contributed by atoms with E-state index in [1.165, 1.54) is 12.4 Å². The van der Waals surface area contributed by atoms with Crippen molar-refractivity contribution in [2.75, 3.05) is 5.32 Å². The van der Waals surface area contributed by atoms with Crippen LogP contribution in [0.3, 0.4) is 0 Å². The number of anilines is 1. The zero-order valence-electron chi connectivity index (χ0n) is 11.4. The van der Waals surface area contributed by atoms with Crippen molar-refractivity contribution >= 4 is 23.2 Å². The standard InChI is InChI=1S/C14H14ClF2N3O2/c15-10-3-1-9(2-4-10)12(21)5-14(22)19-11-6-18-20(7-11)8-13(16)17/h1-4,6-7,12-13,21H,5,8H2,(H,19,22). The topological polar surface area (TPSA) is 67.2 Å². The van der Waals surface area contributed by atoms with E-state index in [-0.39, 0.29) is 6.42 Å². The van der Waals surface area contributed by atoms with Gasteiger partial charge in [0.15, 0.2) is 0 Å². The zero-order chi connectivity index (χ0) is 16.1. The number of hydrogen-bond donors (Lipinski definition) is 2. The molecule has 0 spiro atoms. The number of aromatic nitrogens is 2. The summed E-state index contributed by atoms with van der Waals surface area (Å²) in [7, 11) is 0. The number of amides is 1. The van der Waals surface area contributed by atoms with Gasteiger partial charge in [0.1, 0.15) is 6.54 Å². The minimum Gasteiger partial charge on any atom is -0.388 e. The zero-order valence-corrected chi connectivity index (χ0v) is 12.2. The van der Waals surface area contributed by atoms with Gasteiger partial charge in [0.25, 0.3) is 6.43 Å².